The van der Waals surface area contributed by atoms with Crippen LogP contribution >= 0.6 is 0 Å². The van der Waals surface area contributed by atoms with Gasteiger partial charge in [0.05, 0.1) is 0 Å². The largest absolute Gasteiger partial charge is 0.399 e. The summed E-state index contributed by atoms with van der Waals surface area (Å²) in [6.07, 6.45) is 0. The Kier molecular flexibility index (Phi) is 6.58. The molecule has 0 spiro atoms. The lowest BCUT2D eigenvalue weighted by Gasteiger charge is -1.98. The molecule has 0 saturated heterocycles. The first kappa shape index (κ1) is 12.8. The lowest BCUT2D eigenvalue weighted by Crippen LogP contribution is -1.91. The zero-order valence-corrected chi connectivity index (χ0v) is 9.21. The lowest BCUT2D eigenvalue weighted by molar-refractivity contribution is 0.162. The Morgan fingerprint density at radius 1 is 1.14 bits per heavy atom. The Hall–Kier alpha value is -1.22. The van der Waals surface area contributed by atoms with Crippen molar-refractivity contribution in [1.29, 1.82) is 0 Å². The van der Waals surface area contributed by atoms with E-state index in [9.17, 15) is 0 Å². The molecular weight excluding hydrogens is 176 g/mol. The van der Waals surface area contributed by atoms with E-state index in [0.29, 0.717) is 0 Å². The van der Waals surface area contributed by atoms with Gasteiger partial charge in [0.2, 0.25) is 0 Å². The van der Waals surface area contributed by atoms with Crippen molar-refractivity contribution < 1.29 is 4.74 Å². The van der Waals surface area contributed by atoms with Crippen molar-refractivity contribution in [2.75, 3.05) is 24.7 Å². The highest BCUT2D eigenvalue weighted by atomic mass is 16.5. The molecule has 80 valence electrons. The van der Waals surface area contributed by atoms with E-state index in [4.69, 9.17) is 16.2 Å². The number of nitrogens with two attached hydrogens (primary N) is 2. The highest BCUT2D eigenvalue weighted by Gasteiger charge is 1.90. The van der Waals surface area contributed by atoms with E-state index in [1.54, 1.807) is 6.07 Å². The van der Waals surface area contributed by atoms with Crippen molar-refractivity contribution >= 4 is 11.4 Å². The SMILES string of the molecule is CCOCC.Cc1ccc(N)cc1N. The van der Waals surface area contributed by atoms with E-state index in [2.05, 4.69) is 0 Å². The highest BCUT2D eigenvalue weighted by molar-refractivity contribution is 5.55. The van der Waals surface area contributed by atoms with Crippen molar-refractivity contribution in [2.45, 2.75) is 20.8 Å². The smallest absolute Gasteiger partial charge is 0.0437 e. The number of rotatable bonds is 2. The van der Waals surface area contributed by atoms with E-state index in [1.807, 2.05) is 32.9 Å². The van der Waals surface area contributed by atoms with Gasteiger partial charge in [-0.3, -0.25) is 0 Å². The molecule has 1 aromatic rings. The molecule has 3 heteroatoms. The number of nitrogen functional groups attached to an aromatic ring is 2. The van der Waals surface area contributed by atoms with Crippen LogP contribution in [0.4, 0.5) is 11.4 Å². The van der Waals surface area contributed by atoms with E-state index in [-0.39, 0.29) is 0 Å². The molecule has 0 aliphatic rings. The second-order valence-electron chi connectivity index (χ2n) is 2.90. The van der Waals surface area contributed by atoms with Crippen LogP contribution in [-0.2, 0) is 4.74 Å². The number of hydrogen-bond acceptors (Lipinski definition) is 3. The first-order chi connectivity index (χ1) is 6.61. The summed E-state index contributed by atoms with van der Waals surface area (Å²) in [5.41, 5.74) is 13.5. The predicted octanol–water partition coefficient (Wildman–Crippen LogP) is 2.20. The number of ether oxygens (including phenoxy) is 1. The summed E-state index contributed by atoms with van der Waals surface area (Å²) < 4.78 is 4.83. The van der Waals surface area contributed by atoms with Gasteiger partial charge >= 0.3 is 0 Å². The third kappa shape index (κ3) is 5.43. The molecule has 3 nitrogen and oxygen atoms in total. The number of aryl methyl sites for hydroxylation is 1. The Balaban J connectivity index is 0.000000292. The highest BCUT2D eigenvalue weighted by Crippen LogP contribution is 2.13. The van der Waals surface area contributed by atoms with Crippen molar-refractivity contribution in [2.24, 2.45) is 0 Å². The standard InChI is InChI=1S/C7H10N2.C4H10O/c1-5-2-3-6(8)4-7(5)9;1-3-5-4-2/h2-4H,8-9H2,1H3;3-4H2,1-2H3. The van der Waals surface area contributed by atoms with E-state index in [0.717, 1.165) is 30.2 Å². The topological polar surface area (TPSA) is 61.3 Å². The third-order valence-electron chi connectivity index (χ3n) is 1.71. The Labute approximate surface area is 86.1 Å². The van der Waals surface area contributed by atoms with E-state index in [1.165, 1.54) is 0 Å². The minimum Gasteiger partial charge on any atom is -0.399 e. The quantitative estimate of drug-likeness (QED) is 0.713. The number of benzene rings is 1. The molecule has 1 rings (SSSR count). The second-order valence-corrected chi connectivity index (χ2v) is 2.90. The Bertz CT molecular complexity index is 259. The molecule has 0 bridgehead atoms. The van der Waals surface area contributed by atoms with Gasteiger partial charge in [-0.25, -0.2) is 0 Å². The molecule has 0 unspecified atom stereocenters. The normalized spacial score (nSPS) is 9.07. The van der Waals surface area contributed by atoms with Crippen LogP contribution in [0, 0.1) is 6.92 Å². The van der Waals surface area contributed by atoms with Gasteiger partial charge in [0.25, 0.3) is 0 Å². The van der Waals surface area contributed by atoms with Crippen molar-refractivity contribution in [3.05, 3.63) is 23.8 Å². The van der Waals surface area contributed by atoms with Crippen LogP contribution < -0.4 is 11.5 Å². The maximum absolute atomic E-state index is 5.54. The summed E-state index contributed by atoms with van der Waals surface area (Å²) >= 11 is 0. The summed E-state index contributed by atoms with van der Waals surface area (Å²) in [4.78, 5) is 0. The maximum Gasteiger partial charge on any atom is 0.0437 e. The zero-order valence-electron chi connectivity index (χ0n) is 9.21. The van der Waals surface area contributed by atoms with Crippen molar-refractivity contribution in [3.63, 3.8) is 0 Å². The average Bonchev–Trinajstić information content (AvgIpc) is 2.14. The summed E-state index contributed by atoms with van der Waals surface area (Å²) in [5, 5.41) is 0. The zero-order chi connectivity index (χ0) is 11.0. The minimum absolute atomic E-state index is 0.720. The van der Waals surface area contributed by atoms with Gasteiger partial charge < -0.3 is 16.2 Å². The first-order valence-corrected chi connectivity index (χ1v) is 4.81. The molecule has 1 aromatic carbocycles. The van der Waals surface area contributed by atoms with Gasteiger partial charge in [-0.05, 0) is 38.5 Å². The fraction of sp³-hybridized carbons (Fsp3) is 0.455. The van der Waals surface area contributed by atoms with Gasteiger partial charge in [-0.1, -0.05) is 6.07 Å². The third-order valence-corrected chi connectivity index (χ3v) is 1.71. The van der Waals surface area contributed by atoms with Crippen LogP contribution in [0.3, 0.4) is 0 Å². The first-order valence-electron chi connectivity index (χ1n) is 4.81. The predicted molar refractivity (Wildman–Crippen MR) is 62.2 cm³/mol. The maximum atomic E-state index is 5.54. The molecular formula is C11H20N2O. The lowest BCUT2D eigenvalue weighted by atomic mass is 10.2. The molecule has 0 aliphatic heterocycles. The Morgan fingerprint density at radius 2 is 1.71 bits per heavy atom. The molecule has 0 radical (unpaired) electrons. The monoisotopic (exact) mass is 196 g/mol. The number of hydrogen-bond donors (Lipinski definition) is 2. The summed E-state index contributed by atoms with van der Waals surface area (Å²) in [7, 11) is 0. The van der Waals surface area contributed by atoms with Crippen LogP contribution in [0.2, 0.25) is 0 Å². The summed E-state index contributed by atoms with van der Waals surface area (Å²) in [6, 6.07) is 5.51. The van der Waals surface area contributed by atoms with Crippen LogP contribution in [0.5, 0.6) is 0 Å². The summed E-state index contributed by atoms with van der Waals surface area (Å²) in [5.74, 6) is 0. The minimum atomic E-state index is 0.720. The molecule has 0 amide bonds. The van der Waals surface area contributed by atoms with E-state index < -0.39 is 0 Å². The Morgan fingerprint density at radius 3 is 2.00 bits per heavy atom. The number of anilines is 2. The molecule has 0 heterocycles. The molecule has 14 heavy (non-hydrogen) atoms. The van der Waals surface area contributed by atoms with Crippen LogP contribution in [-0.4, -0.2) is 13.2 Å². The van der Waals surface area contributed by atoms with Crippen LogP contribution in [0.25, 0.3) is 0 Å². The molecule has 0 aromatic heterocycles. The molecule has 0 aliphatic carbocycles. The molecule has 0 fully saturated rings. The van der Waals surface area contributed by atoms with Crippen molar-refractivity contribution in [1.82, 2.24) is 0 Å². The average molecular weight is 196 g/mol. The molecule has 0 saturated carbocycles. The fourth-order valence-corrected chi connectivity index (χ4v) is 0.863. The van der Waals surface area contributed by atoms with Crippen molar-refractivity contribution in [3.8, 4) is 0 Å². The second kappa shape index (κ2) is 7.21. The van der Waals surface area contributed by atoms with Gasteiger partial charge in [0, 0.05) is 24.6 Å². The van der Waals surface area contributed by atoms with Crippen LogP contribution in [0.15, 0.2) is 18.2 Å². The van der Waals surface area contributed by atoms with E-state index >= 15 is 0 Å². The van der Waals surface area contributed by atoms with Gasteiger partial charge in [-0.2, -0.15) is 0 Å². The van der Waals surface area contributed by atoms with Crippen LogP contribution in [0.1, 0.15) is 19.4 Å². The molecule has 0 atom stereocenters. The summed E-state index contributed by atoms with van der Waals surface area (Å²) in [6.45, 7) is 7.62. The van der Waals surface area contributed by atoms with Gasteiger partial charge in [-0.15, -0.1) is 0 Å². The van der Waals surface area contributed by atoms with Gasteiger partial charge in [0.15, 0.2) is 0 Å². The fourth-order valence-electron chi connectivity index (χ4n) is 0.863. The molecule has 4 N–H and O–H groups in total. The van der Waals surface area contributed by atoms with Gasteiger partial charge in [0.1, 0.15) is 0 Å².